The van der Waals surface area contributed by atoms with Crippen molar-refractivity contribution in [2.75, 3.05) is 25.4 Å². The first-order valence-electron chi connectivity index (χ1n) is 7.15. The van der Waals surface area contributed by atoms with Gasteiger partial charge in [-0.25, -0.2) is 0 Å². The standard InChI is InChI=1S/C15H22BrN3O/c1-11(19-7-3-2-4-8-19)10-18-15(20)13-9-12(16)5-6-14(13)17/h5-6,9,11H,2-4,7-8,10,17H2,1H3,(H,18,20). The largest absolute Gasteiger partial charge is 0.398 e. The van der Waals surface area contributed by atoms with Crippen molar-refractivity contribution < 1.29 is 4.79 Å². The summed E-state index contributed by atoms with van der Waals surface area (Å²) in [4.78, 5) is 14.6. The molecule has 1 saturated heterocycles. The highest BCUT2D eigenvalue weighted by molar-refractivity contribution is 9.10. The summed E-state index contributed by atoms with van der Waals surface area (Å²) in [5.41, 5.74) is 6.89. The third-order valence-electron chi connectivity index (χ3n) is 3.83. The summed E-state index contributed by atoms with van der Waals surface area (Å²) in [6.07, 6.45) is 3.85. The van der Waals surface area contributed by atoms with E-state index < -0.39 is 0 Å². The van der Waals surface area contributed by atoms with Crippen LogP contribution in [-0.4, -0.2) is 36.5 Å². The Labute approximate surface area is 128 Å². The molecule has 0 spiro atoms. The molecule has 3 N–H and O–H groups in total. The van der Waals surface area contributed by atoms with E-state index in [1.165, 1.54) is 19.3 Å². The molecule has 0 bridgehead atoms. The number of nitrogens with one attached hydrogen (secondary N) is 1. The van der Waals surface area contributed by atoms with Crippen molar-refractivity contribution >= 4 is 27.5 Å². The minimum Gasteiger partial charge on any atom is -0.398 e. The van der Waals surface area contributed by atoms with E-state index in [2.05, 4.69) is 33.1 Å². The van der Waals surface area contributed by atoms with E-state index in [0.717, 1.165) is 17.6 Å². The maximum absolute atomic E-state index is 12.2. The molecule has 0 radical (unpaired) electrons. The number of benzene rings is 1. The van der Waals surface area contributed by atoms with Crippen LogP contribution >= 0.6 is 15.9 Å². The quantitative estimate of drug-likeness (QED) is 0.829. The van der Waals surface area contributed by atoms with Crippen molar-refractivity contribution in [1.29, 1.82) is 0 Å². The lowest BCUT2D eigenvalue weighted by Crippen LogP contribution is -2.44. The van der Waals surface area contributed by atoms with E-state index in [1.807, 2.05) is 6.07 Å². The molecule has 0 aromatic heterocycles. The molecule has 1 atom stereocenters. The number of hydrogen-bond donors (Lipinski definition) is 2. The zero-order valence-electron chi connectivity index (χ0n) is 11.9. The zero-order chi connectivity index (χ0) is 14.5. The van der Waals surface area contributed by atoms with Crippen molar-refractivity contribution in [3.8, 4) is 0 Å². The van der Waals surface area contributed by atoms with Crippen molar-refractivity contribution in [3.63, 3.8) is 0 Å². The van der Waals surface area contributed by atoms with E-state index in [0.29, 0.717) is 23.8 Å². The highest BCUT2D eigenvalue weighted by Crippen LogP contribution is 2.18. The number of carbonyl (C=O) groups is 1. The Hall–Kier alpha value is -1.07. The minimum absolute atomic E-state index is 0.104. The zero-order valence-corrected chi connectivity index (χ0v) is 13.4. The maximum Gasteiger partial charge on any atom is 0.253 e. The van der Waals surface area contributed by atoms with Gasteiger partial charge in [-0.1, -0.05) is 22.4 Å². The Bertz CT molecular complexity index is 472. The Morgan fingerprint density at radius 1 is 1.40 bits per heavy atom. The van der Waals surface area contributed by atoms with Gasteiger partial charge in [-0.05, 0) is 51.1 Å². The number of anilines is 1. The van der Waals surface area contributed by atoms with Crippen molar-refractivity contribution in [3.05, 3.63) is 28.2 Å². The summed E-state index contributed by atoms with van der Waals surface area (Å²) in [5, 5.41) is 2.98. The molecule has 1 fully saturated rings. The Morgan fingerprint density at radius 2 is 2.10 bits per heavy atom. The van der Waals surface area contributed by atoms with Gasteiger partial charge in [0.05, 0.1) is 5.56 Å². The molecule has 1 aliphatic rings. The van der Waals surface area contributed by atoms with Gasteiger partial charge in [0.15, 0.2) is 0 Å². The smallest absolute Gasteiger partial charge is 0.253 e. The van der Waals surface area contributed by atoms with Crippen LogP contribution in [0.5, 0.6) is 0 Å². The number of nitrogen functional groups attached to an aromatic ring is 1. The number of hydrogen-bond acceptors (Lipinski definition) is 3. The second-order valence-electron chi connectivity index (χ2n) is 5.39. The van der Waals surface area contributed by atoms with Crippen LogP contribution in [0.2, 0.25) is 0 Å². The number of nitrogens with two attached hydrogens (primary N) is 1. The number of rotatable bonds is 4. The van der Waals surface area contributed by atoms with Gasteiger partial charge < -0.3 is 11.1 Å². The molecule has 2 rings (SSSR count). The lowest BCUT2D eigenvalue weighted by Gasteiger charge is -2.32. The van der Waals surface area contributed by atoms with Crippen LogP contribution < -0.4 is 11.1 Å². The summed E-state index contributed by atoms with van der Waals surface area (Å²) in [6, 6.07) is 5.71. The molecule has 110 valence electrons. The van der Waals surface area contributed by atoms with Gasteiger partial charge in [0.1, 0.15) is 0 Å². The molecule has 20 heavy (non-hydrogen) atoms. The van der Waals surface area contributed by atoms with Crippen LogP contribution in [-0.2, 0) is 0 Å². The number of halogens is 1. The first-order chi connectivity index (χ1) is 9.58. The van der Waals surface area contributed by atoms with Crippen LogP contribution in [0.1, 0.15) is 36.5 Å². The fourth-order valence-electron chi connectivity index (χ4n) is 2.55. The van der Waals surface area contributed by atoms with Gasteiger partial charge in [0.25, 0.3) is 5.91 Å². The lowest BCUT2D eigenvalue weighted by molar-refractivity contribution is 0.0931. The molecular formula is C15H22BrN3O. The molecule has 1 aromatic rings. The second-order valence-corrected chi connectivity index (χ2v) is 6.30. The fourth-order valence-corrected chi connectivity index (χ4v) is 2.91. The first-order valence-corrected chi connectivity index (χ1v) is 7.94. The molecule has 1 aliphatic heterocycles. The Balaban J connectivity index is 1.89. The molecule has 1 amide bonds. The number of carbonyl (C=O) groups excluding carboxylic acids is 1. The predicted molar refractivity (Wildman–Crippen MR) is 85.8 cm³/mol. The van der Waals surface area contributed by atoms with E-state index in [1.54, 1.807) is 12.1 Å². The fraction of sp³-hybridized carbons (Fsp3) is 0.533. The summed E-state index contributed by atoms with van der Waals surface area (Å²) >= 11 is 3.36. The maximum atomic E-state index is 12.2. The van der Waals surface area contributed by atoms with Gasteiger partial charge in [-0.2, -0.15) is 0 Å². The molecule has 0 saturated carbocycles. The third kappa shape index (κ3) is 3.96. The molecule has 1 aromatic carbocycles. The minimum atomic E-state index is -0.104. The number of piperidine rings is 1. The lowest BCUT2D eigenvalue weighted by atomic mass is 10.1. The Kier molecular flexibility index (Phi) is 5.43. The van der Waals surface area contributed by atoms with Crippen LogP contribution in [0.25, 0.3) is 0 Å². The average Bonchev–Trinajstić information content (AvgIpc) is 2.47. The molecule has 4 nitrogen and oxygen atoms in total. The predicted octanol–water partition coefficient (Wildman–Crippen LogP) is 2.64. The molecular weight excluding hydrogens is 318 g/mol. The summed E-state index contributed by atoms with van der Waals surface area (Å²) < 4.78 is 0.862. The molecule has 1 unspecified atom stereocenters. The molecule has 0 aliphatic carbocycles. The SMILES string of the molecule is CC(CNC(=O)c1cc(Br)ccc1N)N1CCCCC1. The van der Waals surface area contributed by atoms with Crippen LogP contribution in [0.4, 0.5) is 5.69 Å². The number of likely N-dealkylation sites (tertiary alicyclic amines) is 1. The highest BCUT2D eigenvalue weighted by atomic mass is 79.9. The normalized spacial score (nSPS) is 17.7. The second kappa shape index (κ2) is 7.09. The number of amides is 1. The number of nitrogens with zero attached hydrogens (tertiary/aromatic N) is 1. The van der Waals surface area contributed by atoms with Gasteiger partial charge in [-0.15, -0.1) is 0 Å². The van der Waals surface area contributed by atoms with Gasteiger partial charge >= 0.3 is 0 Å². The highest BCUT2D eigenvalue weighted by Gasteiger charge is 2.18. The average molecular weight is 340 g/mol. The van der Waals surface area contributed by atoms with Gasteiger partial charge in [0, 0.05) is 22.7 Å². The third-order valence-corrected chi connectivity index (χ3v) is 4.33. The van der Waals surface area contributed by atoms with Crippen LogP contribution in [0.15, 0.2) is 22.7 Å². The molecule has 1 heterocycles. The van der Waals surface area contributed by atoms with Crippen LogP contribution in [0.3, 0.4) is 0 Å². The summed E-state index contributed by atoms with van der Waals surface area (Å²) in [7, 11) is 0. The Morgan fingerprint density at radius 3 is 2.80 bits per heavy atom. The van der Waals surface area contributed by atoms with Gasteiger partial charge in [-0.3, -0.25) is 9.69 Å². The van der Waals surface area contributed by atoms with Crippen molar-refractivity contribution in [1.82, 2.24) is 10.2 Å². The van der Waals surface area contributed by atoms with E-state index in [4.69, 9.17) is 5.73 Å². The van der Waals surface area contributed by atoms with E-state index in [-0.39, 0.29) is 5.91 Å². The van der Waals surface area contributed by atoms with Crippen molar-refractivity contribution in [2.45, 2.75) is 32.2 Å². The monoisotopic (exact) mass is 339 g/mol. The molecule has 5 heteroatoms. The van der Waals surface area contributed by atoms with Crippen LogP contribution in [0, 0.1) is 0 Å². The summed E-state index contributed by atoms with van der Waals surface area (Å²) in [6.45, 7) is 5.09. The topological polar surface area (TPSA) is 58.4 Å². The summed E-state index contributed by atoms with van der Waals surface area (Å²) in [5.74, 6) is -0.104. The van der Waals surface area contributed by atoms with E-state index in [9.17, 15) is 4.79 Å². The first kappa shape index (κ1) is 15.3. The van der Waals surface area contributed by atoms with Gasteiger partial charge in [0.2, 0.25) is 0 Å². The van der Waals surface area contributed by atoms with E-state index >= 15 is 0 Å². The van der Waals surface area contributed by atoms with Crippen molar-refractivity contribution in [2.24, 2.45) is 0 Å².